The number of rotatable bonds is 5. The van der Waals surface area contributed by atoms with Crippen LogP contribution in [-0.2, 0) is 4.79 Å². The molecule has 76 valence electrons. The van der Waals surface area contributed by atoms with E-state index in [2.05, 4.69) is 12.2 Å². The molecule has 1 aliphatic heterocycles. The van der Waals surface area contributed by atoms with Crippen molar-refractivity contribution in [2.45, 2.75) is 38.6 Å². The molecule has 1 aliphatic rings. The third kappa shape index (κ3) is 3.35. The van der Waals surface area contributed by atoms with Crippen LogP contribution in [-0.4, -0.2) is 37.0 Å². The van der Waals surface area contributed by atoms with Crippen LogP contribution in [0.25, 0.3) is 0 Å². The Kier molecular flexibility index (Phi) is 4.83. The molecule has 1 rings (SSSR count). The van der Waals surface area contributed by atoms with Gasteiger partial charge in [0.2, 0.25) is 6.41 Å². The van der Waals surface area contributed by atoms with Gasteiger partial charge in [0, 0.05) is 12.6 Å². The summed E-state index contributed by atoms with van der Waals surface area (Å²) in [6.07, 6.45) is 5.54. The minimum Gasteiger partial charge on any atom is -0.342 e. The Morgan fingerprint density at radius 1 is 1.46 bits per heavy atom. The molecule has 0 saturated carbocycles. The van der Waals surface area contributed by atoms with E-state index < -0.39 is 0 Å². The summed E-state index contributed by atoms with van der Waals surface area (Å²) in [7, 11) is 0. The second kappa shape index (κ2) is 5.97. The number of hydrogen-bond donors (Lipinski definition) is 1. The zero-order chi connectivity index (χ0) is 9.52. The van der Waals surface area contributed by atoms with Crippen molar-refractivity contribution in [1.82, 2.24) is 10.2 Å². The van der Waals surface area contributed by atoms with Crippen LogP contribution in [0.2, 0.25) is 0 Å². The number of piperidine rings is 1. The van der Waals surface area contributed by atoms with E-state index >= 15 is 0 Å². The molecule has 1 saturated heterocycles. The molecule has 0 atom stereocenters. The molecule has 3 heteroatoms. The molecule has 1 N–H and O–H groups in total. The van der Waals surface area contributed by atoms with E-state index in [9.17, 15) is 4.79 Å². The number of carbonyl (C=O) groups excluding carboxylic acids is 1. The zero-order valence-corrected chi connectivity index (χ0v) is 8.46. The summed E-state index contributed by atoms with van der Waals surface area (Å²) < 4.78 is 0. The minimum atomic E-state index is 0.491. The molecule has 0 bridgehead atoms. The third-order valence-electron chi connectivity index (χ3n) is 2.68. The number of hydrogen-bond acceptors (Lipinski definition) is 2. The lowest BCUT2D eigenvalue weighted by atomic mass is 10.1. The Morgan fingerprint density at radius 3 is 2.69 bits per heavy atom. The molecule has 0 unspecified atom stereocenters. The van der Waals surface area contributed by atoms with Crippen LogP contribution in [0.1, 0.15) is 32.6 Å². The topological polar surface area (TPSA) is 32.3 Å². The van der Waals surface area contributed by atoms with Crippen LogP contribution in [0.4, 0.5) is 0 Å². The Hall–Kier alpha value is -0.570. The van der Waals surface area contributed by atoms with Gasteiger partial charge in [-0.15, -0.1) is 0 Å². The van der Waals surface area contributed by atoms with E-state index in [1.807, 2.05) is 4.90 Å². The second-order valence-corrected chi connectivity index (χ2v) is 3.68. The first kappa shape index (κ1) is 10.5. The Bertz CT molecular complexity index is 144. The number of unbranched alkanes of at least 4 members (excludes halogenated alkanes) is 1. The lowest BCUT2D eigenvalue weighted by molar-refractivity contribution is -0.120. The molecule has 1 amide bonds. The van der Waals surface area contributed by atoms with Gasteiger partial charge in [0.1, 0.15) is 0 Å². The fourth-order valence-corrected chi connectivity index (χ4v) is 1.80. The summed E-state index contributed by atoms with van der Waals surface area (Å²) in [5, 5.41) is 3.31. The van der Waals surface area contributed by atoms with Crippen molar-refractivity contribution >= 4 is 6.41 Å². The van der Waals surface area contributed by atoms with Crippen LogP contribution in [0, 0.1) is 0 Å². The molecule has 13 heavy (non-hydrogen) atoms. The molecular formula is C10H20N2O. The average Bonchev–Trinajstić information content (AvgIpc) is 2.21. The van der Waals surface area contributed by atoms with E-state index in [-0.39, 0.29) is 0 Å². The zero-order valence-electron chi connectivity index (χ0n) is 8.46. The van der Waals surface area contributed by atoms with Gasteiger partial charge in [-0.05, 0) is 32.4 Å². The summed E-state index contributed by atoms with van der Waals surface area (Å²) in [5.74, 6) is 0. The Morgan fingerprint density at radius 2 is 2.15 bits per heavy atom. The first-order chi connectivity index (χ1) is 6.38. The predicted molar refractivity (Wildman–Crippen MR) is 53.6 cm³/mol. The van der Waals surface area contributed by atoms with Crippen molar-refractivity contribution < 1.29 is 4.79 Å². The minimum absolute atomic E-state index is 0.491. The molecule has 1 heterocycles. The maximum atomic E-state index is 10.8. The van der Waals surface area contributed by atoms with Crippen LogP contribution >= 0.6 is 0 Å². The maximum Gasteiger partial charge on any atom is 0.209 e. The SMILES string of the molecule is CCCCN(C=O)C1CCNCC1. The molecule has 0 aliphatic carbocycles. The van der Waals surface area contributed by atoms with Crippen LogP contribution in [0.15, 0.2) is 0 Å². The van der Waals surface area contributed by atoms with E-state index in [4.69, 9.17) is 0 Å². The lowest BCUT2D eigenvalue weighted by Crippen LogP contribution is -2.42. The van der Waals surface area contributed by atoms with Gasteiger partial charge in [0.25, 0.3) is 0 Å². The number of carbonyl (C=O) groups is 1. The Balaban J connectivity index is 2.30. The fourth-order valence-electron chi connectivity index (χ4n) is 1.80. The van der Waals surface area contributed by atoms with Crippen molar-refractivity contribution in [3.63, 3.8) is 0 Å². The summed E-state index contributed by atoms with van der Waals surface area (Å²) in [6.45, 7) is 5.21. The van der Waals surface area contributed by atoms with E-state index in [0.717, 1.165) is 51.7 Å². The highest BCUT2D eigenvalue weighted by molar-refractivity contribution is 5.47. The van der Waals surface area contributed by atoms with Gasteiger partial charge in [-0.25, -0.2) is 0 Å². The quantitative estimate of drug-likeness (QED) is 0.646. The largest absolute Gasteiger partial charge is 0.342 e. The van der Waals surface area contributed by atoms with Gasteiger partial charge >= 0.3 is 0 Å². The number of amides is 1. The smallest absolute Gasteiger partial charge is 0.209 e. The standard InChI is InChI=1S/C10H20N2O/c1-2-3-8-12(9-13)10-4-6-11-7-5-10/h9-11H,2-8H2,1H3. The van der Waals surface area contributed by atoms with Crippen molar-refractivity contribution in [3.8, 4) is 0 Å². The van der Waals surface area contributed by atoms with Crippen molar-refractivity contribution in [2.24, 2.45) is 0 Å². The van der Waals surface area contributed by atoms with E-state index in [1.54, 1.807) is 0 Å². The third-order valence-corrected chi connectivity index (χ3v) is 2.68. The van der Waals surface area contributed by atoms with Gasteiger partial charge in [-0.1, -0.05) is 13.3 Å². The average molecular weight is 184 g/mol. The maximum absolute atomic E-state index is 10.8. The van der Waals surface area contributed by atoms with Gasteiger partial charge in [-0.2, -0.15) is 0 Å². The molecular weight excluding hydrogens is 164 g/mol. The molecule has 0 spiro atoms. The highest BCUT2D eigenvalue weighted by Crippen LogP contribution is 2.10. The number of nitrogens with one attached hydrogen (secondary N) is 1. The highest BCUT2D eigenvalue weighted by Gasteiger charge is 2.18. The van der Waals surface area contributed by atoms with Crippen LogP contribution in [0.5, 0.6) is 0 Å². The highest BCUT2D eigenvalue weighted by atomic mass is 16.1. The predicted octanol–water partition coefficient (Wildman–Crippen LogP) is 0.997. The molecule has 0 radical (unpaired) electrons. The molecule has 0 aromatic rings. The molecule has 0 aromatic heterocycles. The molecule has 0 aromatic carbocycles. The monoisotopic (exact) mass is 184 g/mol. The van der Waals surface area contributed by atoms with Gasteiger partial charge in [0.05, 0.1) is 0 Å². The second-order valence-electron chi connectivity index (χ2n) is 3.68. The summed E-state index contributed by atoms with van der Waals surface area (Å²) in [5.41, 5.74) is 0. The first-order valence-corrected chi connectivity index (χ1v) is 5.30. The van der Waals surface area contributed by atoms with Crippen molar-refractivity contribution in [2.75, 3.05) is 19.6 Å². The van der Waals surface area contributed by atoms with Gasteiger partial charge in [0.15, 0.2) is 0 Å². The van der Waals surface area contributed by atoms with E-state index in [0.29, 0.717) is 6.04 Å². The summed E-state index contributed by atoms with van der Waals surface area (Å²) in [6, 6.07) is 0.491. The van der Waals surface area contributed by atoms with Crippen molar-refractivity contribution in [1.29, 1.82) is 0 Å². The Labute approximate surface area is 80.5 Å². The van der Waals surface area contributed by atoms with E-state index in [1.165, 1.54) is 0 Å². The number of nitrogens with zero attached hydrogens (tertiary/aromatic N) is 1. The van der Waals surface area contributed by atoms with Gasteiger partial charge in [-0.3, -0.25) is 4.79 Å². The fraction of sp³-hybridized carbons (Fsp3) is 0.900. The van der Waals surface area contributed by atoms with Gasteiger partial charge < -0.3 is 10.2 Å². The lowest BCUT2D eigenvalue weighted by Gasteiger charge is -2.31. The summed E-state index contributed by atoms with van der Waals surface area (Å²) >= 11 is 0. The van der Waals surface area contributed by atoms with Crippen molar-refractivity contribution in [3.05, 3.63) is 0 Å². The van der Waals surface area contributed by atoms with Crippen LogP contribution < -0.4 is 5.32 Å². The normalized spacial score (nSPS) is 18.5. The molecule has 1 fully saturated rings. The van der Waals surface area contributed by atoms with Crippen LogP contribution in [0.3, 0.4) is 0 Å². The molecule has 3 nitrogen and oxygen atoms in total. The summed E-state index contributed by atoms with van der Waals surface area (Å²) in [4.78, 5) is 12.8. The first-order valence-electron chi connectivity index (χ1n) is 5.30.